The van der Waals surface area contributed by atoms with Crippen LogP contribution in [-0.2, 0) is 17.6 Å². The van der Waals surface area contributed by atoms with E-state index in [1.807, 2.05) is 0 Å². The summed E-state index contributed by atoms with van der Waals surface area (Å²) in [6.45, 7) is 0.374. The van der Waals surface area contributed by atoms with Crippen LogP contribution in [0.4, 0.5) is 8.78 Å². The number of ether oxygens (including phenoxy) is 1. The van der Waals surface area contributed by atoms with Crippen LogP contribution in [0.5, 0.6) is 5.75 Å². The van der Waals surface area contributed by atoms with Crippen LogP contribution in [0.25, 0.3) is 0 Å². The van der Waals surface area contributed by atoms with Crippen molar-refractivity contribution in [2.45, 2.75) is 44.4 Å². The molecule has 0 aromatic heterocycles. The van der Waals surface area contributed by atoms with Crippen molar-refractivity contribution in [2.75, 3.05) is 6.61 Å². The van der Waals surface area contributed by atoms with Gasteiger partial charge in [-0.1, -0.05) is 0 Å². The van der Waals surface area contributed by atoms with Gasteiger partial charge in [0.1, 0.15) is 0 Å². The summed E-state index contributed by atoms with van der Waals surface area (Å²) < 4.78 is 33.4. The van der Waals surface area contributed by atoms with E-state index in [2.05, 4.69) is 0 Å². The monoisotopic (exact) mass is 294 g/mol. The van der Waals surface area contributed by atoms with E-state index in [4.69, 9.17) is 4.74 Å². The lowest BCUT2D eigenvalue weighted by atomic mass is 9.85. The fourth-order valence-corrected chi connectivity index (χ4v) is 3.97. The second kappa shape index (κ2) is 4.18. The number of carboxylic acids is 1. The van der Waals surface area contributed by atoms with Gasteiger partial charge in [0.25, 0.3) is 0 Å². The number of halogens is 2. The van der Waals surface area contributed by atoms with Gasteiger partial charge in [-0.05, 0) is 49.1 Å². The number of carboxylic acid groups (broad SMARTS) is 1. The van der Waals surface area contributed by atoms with Crippen molar-refractivity contribution in [3.63, 3.8) is 0 Å². The number of hydrogen-bond donors (Lipinski definition) is 1. The van der Waals surface area contributed by atoms with Gasteiger partial charge in [0.05, 0.1) is 12.0 Å². The minimum absolute atomic E-state index is 0.0177. The fourth-order valence-electron chi connectivity index (χ4n) is 3.97. The van der Waals surface area contributed by atoms with Crippen LogP contribution in [0.2, 0.25) is 0 Å². The third-order valence-corrected chi connectivity index (χ3v) is 5.28. The van der Waals surface area contributed by atoms with Crippen molar-refractivity contribution in [1.29, 1.82) is 0 Å². The maximum atomic E-state index is 14.2. The molecule has 1 heterocycles. The smallest absolute Gasteiger partial charge is 0.309 e. The molecule has 0 bridgehead atoms. The lowest BCUT2D eigenvalue weighted by Crippen LogP contribution is -2.18. The number of carbonyl (C=O) groups is 1. The first-order valence-corrected chi connectivity index (χ1v) is 7.42. The molecule has 1 aliphatic heterocycles. The van der Waals surface area contributed by atoms with Gasteiger partial charge in [0.2, 0.25) is 5.82 Å². The van der Waals surface area contributed by atoms with Crippen molar-refractivity contribution < 1.29 is 23.4 Å². The highest BCUT2D eigenvalue weighted by Crippen LogP contribution is 2.56. The van der Waals surface area contributed by atoms with E-state index in [-0.39, 0.29) is 11.7 Å². The van der Waals surface area contributed by atoms with E-state index in [0.717, 1.165) is 11.1 Å². The first-order valence-electron chi connectivity index (χ1n) is 7.42. The van der Waals surface area contributed by atoms with E-state index in [1.165, 1.54) is 0 Å². The Morgan fingerprint density at radius 1 is 1.24 bits per heavy atom. The topological polar surface area (TPSA) is 46.5 Å². The number of aliphatic carboxylic acids is 1. The lowest BCUT2D eigenvalue weighted by Gasteiger charge is -2.19. The second-order valence-corrected chi connectivity index (χ2v) is 6.45. The molecule has 4 rings (SSSR count). The van der Waals surface area contributed by atoms with Gasteiger partial charge in [-0.3, -0.25) is 4.79 Å². The molecule has 21 heavy (non-hydrogen) atoms. The Kier molecular flexibility index (Phi) is 2.60. The summed E-state index contributed by atoms with van der Waals surface area (Å²) in [4.78, 5) is 11.4. The van der Waals surface area contributed by atoms with Gasteiger partial charge in [-0.2, -0.15) is 4.39 Å². The Balaban J connectivity index is 1.77. The summed E-state index contributed by atoms with van der Waals surface area (Å²) in [7, 11) is 0. The number of hydrogen-bond acceptors (Lipinski definition) is 2. The van der Waals surface area contributed by atoms with Crippen LogP contribution in [0.3, 0.4) is 0 Å². The van der Waals surface area contributed by atoms with Crippen LogP contribution >= 0.6 is 0 Å². The maximum absolute atomic E-state index is 14.2. The number of rotatable bonds is 3. The van der Waals surface area contributed by atoms with Crippen molar-refractivity contribution in [2.24, 2.45) is 5.41 Å². The molecule has 1 unspecified atom stereocenters. The third kappa shape index (κ3) is 1.72. The predicted octanol–water partition coefficient (Wildman–Crippen LogP) is 3.18. The molecule has 1 N–H and O–H groups in total. The van der Waals surface area contributed by atoms with Crippen molar-refractivity contribution in [3.8, 4) is 5.75 Å². The van der Waals surface area contributed by atoms with Crippen LogP contribution in [0, 0.1) is 17.0 Å². The van der Waals surface area contributed by atoms with Gasteiger partial charge in [0, 0.05) is 12.0 Å². The van der Waals surface area contributed by atoms with Crippen LogP contribution in [0.15, 0.2) is 0 Å². The van der Waals surface area contributed by atoms with Gasteiger partial charge in [0.15, 0.2) is 11.6 Å². The molecule has 1 saturated carbocycles. The predicted molar refractivity (Wildman–Crippen MR) is 70.5 cm³/mol. The minimum Gasteiger partial charge on any atom is -0.490 e. The standard InChI is InChI=1S/C16H16F2O3/c17-12-9-2-1-8(7-16(4-5-16)15(19)20)11(9)10-3-6-21-14(10)13(12)18/h8H,1-7H2,(H,19,20). The van der Waals surface area contributed by atoms with E-state index in [9.17, 15) is 18.7 Å². The summed E-state index contributed by atoms with van der Waals surface area (Å²) in [6.07, 6.45) is 3.70. The van der Waals surface area contributed by atoms with E-state index < -0.39 is 23.0 Å². The average Bonchev–Trinajstić information content (AvgIpc) is 2.90. The molecule has 0 amide bonds. The van der Waals surface area contributed by atoms with Crippen LogP contribution < -0.4 is 4.74 Å². The average molecular weight is 294 g/mol. The van der Waals surface area contributed by atoms with Gasteiger partial charge in [-0.25, -0.2) is 4.39 Å². The van der Waals surface area contributed by atoms with E-state index >= 15 is 0 Å². The SMILES string of the molecule is O=C(O)C1(CC2CCc3c(F)c(F)c4c(c32)CCO4)CC1. The highest BCUT2D eigenvalue weighted by molar-refractivity contribution is 5.78. The highest BCUT2D eigenvalue weighted by Gasteiger charge is 2.52. The molecular formula is C16H16F2O3. The Morgan fingerprint density at radius 3 is 2.67 bits per heavy atom. The fraction of sp³-hybridized carbons (Fsp3) is 0.562. The summed E-state index contributed by atoms with van der Waals surface area (Å²) in [5.74, 6) is -2.36. The quantitative estimate of drug-likeness (QED) is 0.931. The zero-order valence-electron chi connectivity index (χ0n) is 11.5. The molecule has 1 fully saturated rings. The number of benzene rings is 1. The van der Waals surface area contributed by atoms with E-state index in [0.29, 0.717) is 50.7 Å². The van der Waals surface area contributed by atoms with Crippen LogP contribution in [-0.4, -0.2) is 17.7 Å². The van der Waals surface area contributed by atoms with Crippen LogP contribution in [0.1, 0.15) is 48.3 Å². The Hall–Kier alpha value is -1.65. The molecule has 3 nitrogen and oxygen atoms in total. The molecule has 0 saturated heterocycles. The van der Waals surface area contributed by atoms with Crippen molar-refractivity contribution in [3.05, 3.63) is 28.3 Å². The van der Waals surface area contributed by atoms with Gasteiger partial charge < -0.3 is 9.84 Å². The lowest BCUT2D eigenvalue weighted by molar-refractivity contribution is -0.143. The molecule has 2 aliphatic carbocycles. The molecular weight excluding hydrogens is 278 g/mol. The Labute approximate surface area is 120 Å². The van der Waals surface area contributed by atoms with Gasteiger partial charge >= 0.3 is 5.97 Å². The summed E-state index contributed by atoms with van der Waals surface area (Å²) in [6, 6.07) is 0. The Bertz CT molecular complexity index is 650. The normalized spacial score (nSPS) is 24.4. The summed E-state index contributed by atoms with van der Waals surface area (Å²) in [5, 5.41) is 9.35. The van der Waals surface area contributed by atoms with Gasteiger partial charge in [-0.15, -0.1) is 0 Å². The first-order chi connectivity index (χ1) is 10.0. The molecule has 112 valence electrons. The molecule has 5 heteroatoms. The molecule has 1 atom stereocenters. The zero-order chi connectivity index (χ0) is 14.8. The maximum Gasteiger partial charge on any atom is 0.309 e. The number of fused-ring (bicyclic) bond motifs is 3. The molecule has 3 aliphatic rings. The van der Waals surface area contributed by atoms with E-state index in [1.54, 1.807) is 0 Å². The first kappa shape index (κ1) is 13.0. The molecule has 0 radical (unpaired) electrons. The summed E-state index contributed by atoms with van der Waals surface area (Å²) in [5.41, 5.74) is 1.42. The largest absolute Gasteiger partial charge is 0.490 e. The zero-order valence-corrected chi connectivity index (χ0v) is 11.5. The van der Waals surface area contributed by atoms with Crippen molar-refractivity contribution in [1.82, 2.24) is 0 Å². The third-order valence-electron chi connectivity index (χ3n) is 5.28. The molecule has 0 spiro atoms. The second-order valence-electron chi connectivity index (χ2n) is 6.45. The van der Waals surface area contributed by atoms with Crippen molar-refractivity contribution >= 4 is 5.97 Å². The highest BCUT2D eigenvalue weighted by atomic mass is 19.2. The Morgan fingerprint density at radius 2 is 2.00 bits per heavy atom. The summed E-state index contributed by atoms with van der Waals surface area (Å²) >= 11 is 0. The molecule has 1 aromatic carbocycles. The molecule has 1 aromatic rings. The minimum atomic E-state index is -0.874.